The number of esters is 1. The minimum atomic E-state index is -0.419. The number of amides is 1. The van der Waals surface area contributed by atoms with Crippen molar-refractivity contribution in [1.29, 1.82) is 0 Å². The maximum absolute atomic E-state index is 12.9. The van der Waals surface area contributed by atoms with Gasteiger partial charge in [-0.15, -0.1) is 0 Å². The van der Waals surface area contributed by atoms with Crippen LogP contribution in [0, 0.1) is 0 Å². The first-order valence-electron chi connectivity index (χ1n) is 8.75. The second-order valence-electron chi connectivity index (χ2n) is 6.45. The van der Waals surface area contributed by atoms with Crippen molar-refractivity contribution in [1.82, 2.24) is 4.90 Å². The van der Waals surface area contributed by atoms with Gasteiger partial charge in [0.25, 0.3) is 5.91 Å². The molecule has 0 aliphatic carbocycles. The number of carbonyl (C=O) groups excluding carboxylic acids is 2. The van der Waals surface area contributed by atoms with Gasteiger partial charge >= 0.3 is 5.97 Å². The molecule has 0 radical (unpaired) electrons. The Morgan fingerprint density at radius 1 is 1.00 bits per heavy atom. The number of ether oxygens (including phenoxy) is 1. The van der Waals surface area contributed by atoms with Crippen LogP contribution in [0.2, 0.25) is 0 Å². The summed E-state index contributed by atoms with van der Waals surface area (Å²) >= 11 is 0. The van der Waals surface area contributed by atoms with E-state index in [1.165, 1.54) is 0 Å². The van der Waals surface area contributed by atoms with Crippen LogP contribution in [0.3, 0.4) is 0 Å². The zero-order valence-corrected chi connectivity index (χ0v) is 14.5. The number of carbonyl (C=O) groups is 2. The van der Waals surface area contributed by atoms with Gasteiger partial charge in [-0.05, 0) is 43.5 Å². The lowest BCUT2D eigenvalue weighted by molar-refractivity contribution is 0.0126. The molecule has 0 bridgehead atoms. The predicted octanol–water partition coefficient (Wildman–Crippen LogP) is 3.93. The van der Waals surface area contributed by atoms with Crippen molar-refractivity contribution in [3.05, 3.63) is 71.8 Å². The summed E-state index contributed by atoms with van der Waals surface area (Å²) in [6, 6.07) is 18.3. The van der Waals surface area contributed by atoms with Crippen molar-refractivity contribution in [3.63, 3.8) is 0 Å². The molecule has 4 heteroatoms. The van der Waals surface area contributed by atoms with Crippen LogP contribution in [0.15, 0.2) is 60.7 Å². The molecule has 1 aliphatic rings. The summed E-state index contributed by atoms with van der Waals surface area (Å²) < 4.78 is 5.59. The van der Waals surface area contributed by atoms with Gasteiger partial charge < -0.3 is 9.64 Å². The van der Waals surface area contributed by atoms with Crippen LogP contribution >= 0.6 is 0 Å². The number of benzene rings is 2. The minimum absolute atomic E-state index is 0.00992. The topological polar surface area (TPSA) is 46.6 Å². The number of hydrogen-bond donors (Lipinski definition) is 0. The van der Waals surface area contributed by atoms with Gasteiger partial charge in [-0.1, -0.05) is 43.3 Å². The van der Waals surface area contributed by atoms with Gasteiger partial charge in [-0.3, -0.25) is 4.79 Å². The molecule has 0 N–H and O–H groups in total. The van der Waals surface area contributed by atoms with Gasteiger partial charge in [-0.25, -0.2) is 4.79 Å². The second-order valence-corrected chi connectivity index (χ2v) is 6.45. The van der Waals surface area contributed by atoms with E-state index < -0.39 is 5.54 Å². The zero-order chi connectivity index (χ0) is 17.7. The molecule has 0 saturated carbocycles. The summed E-state index contributed by atoms with van der Waals surface area (Å²) in [7, 11) is 0. The van der Waals surface area contributed by atoms with Crippen LogP contribution in [0.4, 0.5) is 0 Å². The summed E-state index contributed by atoms with van der Waals surface area (Å²) in [5.74, 6) is -0.330. The highest BCUT2D eigenvalue weighted by Gasteiger charge is 2.43. The zero-order valence-electron chi connectivity index (χ0n) is 14.5. The monoisotopic (exact) mass is 337 g/mol. The van der Waals surface area contributed by atoms with E-state index >= 15 is 0 Å². The Hall–Kier alpha value is -2.62. The Balaban J connectivity index is 1.74. The molecule has 1 amide bonds. The Labute approximate surface area is 148 Å². The molecule has 3 rings (SSSR count). The van der Waals surface area contributed by atoms with Gasteiger partial charge in [0.05, 0.1) is 11.1 Å². The molecule has 25 heavy (non-hydrogen) atoms. The third kappa shape index (κ3) is 3.58. The van der Waals surface area contributed by atoms with E-state index in [9.17, 15) is 9.59 Å². The normalized spacial score (nSPS) is 19.6. The predicted molar refractivity (Wildman–Crippen MR) is 96.5 cm³/mol. The summed E-state index contributed by atoms with van der Waals surface area (Å²) in [5, 5.41) is 0. The molecule has 1 atom stereocenters. The van der Waals surface area contributed by atoms with E-state index in [1.807, 2.05) is 60.4 Å². The van der Waals surface area contributed by atoms with Gasteiger partial charge in [0.1, 0.15) is 6.61 Å². The summed E-state index contributed by atoms with van der Waals surface area (Å²) in [4.78, 5) is 27.1. The van der Waals surface area contributed by atoms with E-state index in [2.05, 4.69) is 0 Å². The third-order valence-electron chi connectivity index (χ3n) is 5.00. The van der Waals surface area contributed by atoms with E-state index in [-0.39, 0.29) is 18.5 Å². The lowest BCUT2D eigenvalue weighted by atomic mass is 9.93. The number of rotatable bonds is 5. The standard InChI is InChI=1S/C21H23NO3/c1-2-21(16-25-20(24)18-12-7-4-8-13-18)14-9-15-22(21)19(23)17-10-5-3-6-11-17/h3-8,10-13H,2,9,14-16H2,1H3. The first kappa shape index (κ1) is 17.2. The van der Waals surface area contributed by atoms with Crippen LogP contribution in [-0.2, 0) is 4.74 Å². The van der Waals surface area contributed by atoms with Gasteiger partial charge in [0.2, 0.25) is 0 Å². The highest BCUT2D eigenvalue weighted by molar-refractivity contribution is 5.95. The van der Waals surface area contributed by atoms with E-state index in [0.717, 1.165) is 19.3 Å². The van der Waals surface area contributed by atoms with E-state index in [1.54, 1.807) is 12.1 Å². The van der Waals surface area contributed by atoms with Gasteiger partial charge in [-0.2, -0.15) is 0 Å². The third-order valence-corrected chi connectivity index (χ3v) is 5.00. The van der Waals surface area contributed by atoms with Crippen molar-refractivity contribution >= 4 is 11.9 Å². The van der Waals surface area contributed by atoms with Crippen molar-refractivity contribution in [2.24, 2.45) is 0 Å². The Bertz CT molecular complexity index is 729. The average molecular weight is 337 g/mol. The molecule has 1 saturated heterocycles. The maximum atomic E-state index is 12.9. The maximum Gasteiger partial charge on any atom is 0.338 e. The highest BCUT2D eigenvalue weighted by Crippen LogP contribution is 2.34. The first-order valence-corrected chi connectivity index (χ1v) is 8.75. The van der Waals surface area contributed by atoms with E-state index in [0.29, 0.717) is 17.7 Å². The van der Waals surface area contributed by atoms with Gasteiger partial charge in [0, 0.05) is 12.1 Å². The Morgan fingerprint density at radius 2 is 1.60 bits per heavy atom. The second kappa shape index (κ2) is 7.51. The van der Waals surface area contributed by atoms with Crippen LogP contribution < -0.4 is 0 Å². The quantitative estimate of drug-likeness (QED) is 0.777. The fourth-order valence-corrected chi connectivity index (χ4v) is 3.47. The fraction of sp³-hybridized carbons (Fsp3) is 0.333. The molecule has 130 valence electrons. The molecular weight excluding hydrogens is 314 g/mol. The van der Waals surface area contributed by atoms with Crippen molar-refractivity contribution < 1.29 is 14.3 Å². The Kier molecular flexibility index (Phi) is 5.17. The van der Waals surface area contributed by atoms with Crippen molar-refractivity contribution in [2.75, 3.05) is 13.2 Å². The summed E-state index contributed by atoms with van der Waals surface area (Å²) in [6.45, 7) is 2.98. The van der Waals surface area contributed by atoms with Crippen molar-refractivity contribution in [3.8, 4) is 0 Å². The summed E-state index contributed by atoms with van der Waals surface area (Å²) in [6.07, 6.45) is 2.53. The van der Waals surface area contributed by atoms with Crippen molar-refractivity contribution in [2.45, 2.75) is 31.7 Å². The number of hydrogen-bond acceptors (Lipinski definition) is 3. The number of nitrogens with zero attached hydrogens (tertiary/aromatic N) is 1. The molecule has 1 aliphatic heterocycles. The smallest absolute Gasteiger partial charge is 0.338 e. The SMILES string of the molecule is CCC1(COC(=O)c2ccccc2)CCCN1C(=O)c1ccccc1. The number of likely N-dealkylation sites (tertiary alicyclic amines) is 1. The Morgan fingerprint density at radius 3 is 2.20 bits per heavy atom. The first-order chi connectivity index (χ1) is 12.2. The largest absolute Gasteiger partial charge is 0.460 e. The molecular formula is C21H23NO3. The van der Waals surface area contributed by atoms with Gasteiger partial charge in [0.15, 0.2) is 0 Å². The molecule has 0 aromatic heterocycles. The van der Waals surface area contributed by atoms with Crippen LogP contribution in [0.25, 0.3) is 0 Å². The van der Waals surface area contributed by atoms with E-state index in [4.69, 9.17) is 4.74 Å². The molecule has 1 heterocycles. The molecule has 2 aromatic carbocycles. The molecule has 4 nitrogen and oxygen atoms in total. The molecule has 1 fully saturated rings. The van der Waals surface area contributed by atoms with Crippen LogP contribution in [0.1, 0.15) is 46.9 Å². The summed E-state index contributed by atoms with van der Waals surface area (Å²) in [5.41, 5.74) is 0.793. The van der Waals surface area contributed by atoms with Crippen LogP contribution in [-0.4, -0.2) is 35.5 Å². The minimum Gasteiger partial charge on any atom is -0.460 e. The molecule has 1 unspecified atom stereocenters. The lowest BCUT2D eigenvalue weighted by Gasteiger charge is -2.37. The lowest BCUT2D eigenvalue weighted by Crippen LogP contribution is -2.50. The molecule has 2 aromatic rings. The molecule has 0 spiro atoms. The fourth-order valence-electron chi connectivity index (χ4n) is 3.47. The average Bonchev–Trinajstić information content (AvgIpc) is 3.11. The van der Waals surface area contributed by atoms with Crippen LogP contribution in [0.5, 0.6) is 0 Å². The highest BCUT2D eigenvalue weighted by atomic mass is 16.5.